The summed E-state index contributed by atoms with van der Waals surface area (Å²) in [5.74, 6) is -7.64. The number of benzene rings is 1. The van der Waals surface area contributed by atoms with Gasteiger partial charge in [-0.3, -0.25) is 57.7 Å². The lowest BCUT2D eigenvalue weighted by Gasteiger charge is -2.44. The molecule has 1 aromatic carbocycles. The largest absolute Gasteiger partial charge is 0.275 e. The van der Waals surface area contributed by atoms with Crippen LogP contribution in [0.4, 0.5) is 17.1 Å². The van der Waals surface area contributed by atoms with Gasteiger partial charge < -0.3 is 0 Å². The first-order chi connectivity index (χ1) is 23.6. The van der Waals surface area contributed by atoms with Gasteiger partial charge in [0, 0.05) is 72.9 Å². The van der Waals surface area contributed by atoms with Crippen LogP contribution in [0.3, 0.4) is 0 Å². The van der Waals surface area contributed by atoms with Crippen LogP contribution in [-0.4, -0.2) is 75.4 Å². The van der Waals surface area contributed by atoms with Gasteiger partial charge in [-0.25, -0.2) is 14.7 Å². The second-order valence-corrected chi connectivity index (χ2v) is 13.0. The molecular formula is C35H29N5O10. The molecule has 50 heavy (non-hydrogen) atoms. The summed E-state index contributed by atoms with van der Waals surface area (Å²) in [5.41, 5.74) is -2.08. The summed E-state index contributed by atoms with van der Waals surface area (Å²) in [7, 11) is 0. The van der Waals surface area contributed by atoms with Crippen LogP contribution in [0.25, 0.3) is 0 Å². The fourth-order valence-electron chi connectivity index (χ4n) is 6.97. The zero-order chi connectivity index (χ0) is 36.2. The summed E-state index contributed by atoms with van der Waals surface area (Å²) in [6, 6.07) is 0.984. The molecule has 1 aromatic rings. The fraction of sp³-hybridized carbons (Fsp3) is 0.257. The molecule has 0 radical (unpaired) electrons. The highest BCUT2D eigenvalue weighted by Crippen LogP contribution is 2.52. The molecule has 0 aromatic heterocycles. The summed E-state index contributed by atoms with van der Waals surface area (Å²) in [6.07, 6.45) is 10.8. The number of imide groups is 5. The van der Waals surface area contributed by atoms with Gasteiger partial charge in [0.25, 0.3) is 59.1 Å². The topological polar surface area (TPSA) is 187 Å². The van der Waals surface area contributed by atoms with Gasteiger partial charge in [0.2, 0.25) is 0 Å². The summed E-state index contributed by atoms with van der Waals surface area (Å²) in [6.45, 7) is 5.33. The summed E-state index contributed by atoms with van der Waals surface area (Å²) in [4.78, 5) is 134. The van der Waals surface area contributed by atoms with Gasteiger partial charge in [0.1, 0.15) is 0 Å². The van der Waals surface area contributed by atoms with Crippen LogP contribution >= 0.6 is 0 Å². The van der Waals surface area contributed by atoms with E-state index in [0.717, 1.165) is 63.3 Å². The van der Waals surface area contributed by atoms with E-state index in [4.69, 9.17) is 0 Å². The SMILES string of the molecule is CC(CCN1C(=O)C=CC1=O)CC(C)(C)C(c1c(N2C(=O)C=CC2=O)cc(N2C(=O)C=CC2=O)cc1N1C(=O)C=CC1=O)N1C(=O)C=CC1=O. The fourth-order valence-corrected chi connectivity index (χ4v) is 6.97. The van der Waals surface area contributed by atoms with Crippen molar-refractivity contribution in [2.45, 2.75) is 39.7 Å². The maximum atomic E-state index is 13.5. The number of carbonyl (C=O) groups is 10. The minimum absolute atomic E-state index is 0.0811. The van der Waals surface area contributed by atoms with Gasteiger partial charge in [0.15, 0.2) is 0 Å². The Morgan fingerprint density at radius 1 is 0.520 bits per heavy atom. The van der Waals surface area contributed by atoms with Gasteiger partial charge in [-0.1, -0.05) is 20.8 Å². The quantitative estimate of drug-likeness (QED) is 0.309. The van der Waals surface area contributed by atoms with Crippen molar-refractivity contribution in [3.05, 3.63) is 78.5 Å². The minimum Gasteiger partial charge on any atom is -0.275 e. The average Bonchev–Trinajstić information content (AvgIpc) is 3.83. The van der Waals surface area contributed by atoms with E-state index in [1.807, 2.05) is 6.92 Å². The number of rotatable bonds is 11. The molecule has 0 aliphatic carbocycles. The molecule has 5 aliphatic heterocycles. The van der Waals surface area contributed by atoms with Crippen molar-refractivity contribution < 1.29 is 47.9 Å². The highest BCUT2D eigenvalue weighted by molar-refractivity contribution is 6.33. The standard InChI is InChI=1S/C35H29N5O10/c1-19(14-15-36-23(41)4-5-24(36)42)18-35(2,3)34(40-31(49)12-13-32(40)50)33-21(38-27(45)8-9-28(38)46)16-20(37-25(43)6-7-26(37)44)17-22(33)39-29(47)10-11-30(39)48/h4-13,16-17,19,34H,14-15,18H2,1-3H3. The summed E-state index contributed by atoms with van der Waals surface area (Å²) < 4.78 is 0. The van der Waals surface area contributed by atoms with E-state index in [-0.39, 0.29) is 41.5 Å². The number of anilines is 3. The molecular weight excluding hydrogens is 650 g/mol. The third-order valence-corrected chi connectivity index (χ3v) is 9.02. The lowest BCUT2D eigenvalue weighted by atomic mass is 9.72. The lowest BCUT2D eigenvalue weighted by Crippen LogP contribution is -2.45. The molecule has 6 rings (SSSR count). The van der Waals surface area contributed by atoms with Crippen LogP contribution in [0.2, 0.25) is 0 Å². The molecule has 15 heteroatoms. The molecule has 2 atom stereocenters. The summed E-state index contributed by atoms with van der Waals surface area (Å²) >= 11 is 0. The zero-order valence-electron chi connectivity index (χ0n) is 27.0. The smallest absolute Gasteiger partial charge is 0.258 e. The molecule has 0 N–H and O–H groups in total. The molecule has 0 bridgehead atoms. The van der Waals surface area contributed by atoms with Crippen molar-refractivity contribution in [1.29, 1.82) is 0 Å². The van der Waals surface area contributed by atoms with Crippen LogP contribution in [0.15, 0.2) is 72.9 Å². The lowest BCUT2D eigenvalue weighted by molar-refractivity contribution is -0.143. The van der Waals surface area contributed by atoms with E-state index in [1.165, 1.54) is 24.3 Å². The summed E-state index contributed by atoms with van der Waals surface area (Å²) in [5, 5.41) is 0. The molecule has 2 unspecified atom stereocenters. The third-order valence-electron chi connectivity index (χ3n) is 9.02. The van der Waals surface area contributed by atoms with Gasteiger partial charge in [0.05, 0.1) is 23.1 Å². The van der Waals surface area contributed by atoms with Gasteiger partial charge in [-0.15, -0.1) is 0 Å². The van der Waals surface area contributed by atoms with Crippen LogP contribution < -0.4 is 14.7 Å². The first kappa shape index (κ1) is 33.5. The maximum Gasteiger partial charge on any atom is 0.258 e. The van der Waals surface area contributed by atoms with Crippen LogP contribution in [0, 0.1) is 11.3 Å². The molecule has 5 aliphatic rings. The molecule has 0 fully saturated rings. The maximum absolute atomic E-state index is 13.5. The molecule has 0 spiro atoms. The Morgan fingerprint density at radius 3 is 1.30 bits per heavy atom. The molecule has 0 saturated carbocycles. The third kappa shape index (κ3) is 5.61. The molecule has 10 amide bonds. The molecule has 15 nitrogen and oxygen atoms in total. The van der Waals surface area contributed by atoms with Gasteiger partial charge in [-0.05, 0) is 36.3 Å². The van der Waals surface area contributed by atoms with E-state index in [9.17, 15) is 47.9 Å². The Morgan fingerprint density at radius 2 is 0.880 bits per heavy atom. The van der Waals surface area contributed by atoms with E-state index < -0.39 is 70.5 Å². The highest BCUT2D eigenvalue weighted by Gasteiger charge is 2.48. The van der Waals surface area contributed by atoms with Gasteiger partial charge >= 0.3 is 0 Å². The second kappa shape index (κ2) is 12.3. The predicted octanol–water partition coefficient (Wildman–Crippen LogP) is 1.31. The number of nitrogens with zero attached hydrogens (tertiary/aromatic N) is 5. The second-order valence-electron chi connectivity index (χ2n) is 13.0. The van der Waals surface area contributed by atoms with Crippen LogP contribution in [-0.2, 0) is 47.9 Å². The van der Waals surface area contributed by atoms with E-state index in [1.54, 1.807) is 13.8 Å². The van der Waals surface area contributed by atoms with Crippen molar-refractivity contribution in [1.82, 2.24) is 9.80 Å². The molecule has 254 valence electrons. The first-order valence-electron chi connectivity index (χ1n) is 15.6. The normalized spacial score (nSPS) is 20.2. The van der Waals surface area contributed by atoms with E-state index >= 15 is 0 Å². The van der Waals surface area contributed by atoms with Gasteiger partial charge in [-0.2, -0.15) is 0 Å². The Labute approximate surface area is 284 Å². The Kier molecular flexibility index (Phi) is 8.21. The number of carbonyl (C=O) groups excluding carboxylic acids is 10. The van der Waals surface area contributed by atoms with Crippen molar-refractivity contribution >= 4 is 76.1 Å². The van der Waals surface area contributed by atoms with Crippen molar-refractivity contribution in [3.8, 4) is 0 Å². The Bertz CT molecular complexity index is 1860. The van der Waals surface area contributed by atoms with Crippen molar-refractivity contribution in [3.63, 3.8) is 0 Å². The molecule has 5 heterocycles. The number of hydrogen-bond acceptors (Lipinski definition) is 10. The number of hydrogen-bond donors (Lipinski definition) is 0. The monoisotopic (exact) mass is 679 g/mol. The van der Waals surface area contributed by atoms with E-state index in [2.05, 4.69) is 0 Å². The van der Waals surface area contributed by atoms with Crippen LogP contribution in [0.1, 0.15) is 45.2 Å². The Balaban J connectivity index is 1.56. The zero-order valence-corrected chi connectivity index (χ0v) is 27.0. The van der Waals surface area contributed by atoms with Crippen LogP contribution in [0.5, 0.6) is 0 Å². The van der Waals surface area contributed by atoms with Crippen molar-refractivity contribution in [2.75, 3.05) is 21.2 Å². The molecule has 0 saturated heterocycles. The van der Waals surface area contributed by atoms with Crippen molar-refractivity contribution in [2.24, 2.45) is 11.3 Å². The average molecular weight is 680 g/mol. The highest BCUT2D eigenvalue weighted by atomic mass is 16.2. The minimum atomic E-state index is -1.39. The Hall–Kier alpha value is -6.38. The first-order valence-corrected chi connectivity index (χ1v) is 15.6. The van der Waals surface area contributed by atoms with E-state index in [0.29, 0.717) is 16.2 Å². The predicted molar refractivity (Wildman–Crippen MR) is 173 cm³/mol. The number of amides is 10.